The van der Waals surface area contributed by atoms with E-state index < -0.39 is 11.9 Å². The molecule has 0 saturated carbocycles. The molecule has 180 valence electrons. The van der Waals surface area contributed by atoms with Crippen LogP contribution in [0, 0.1) is 0 Å². The molecule has 1 aliphatic heterocycles. The van der Waals surface area contributed by atoms with Crippen LogP contribution in [0.5, 0.6) is 0 Å². The van der Waals surface area contributed by atoms with E-state index >= 15 is 0 Å². The highest BCUT2D eigenvalue weighted by molar-refractivity contribution is 6.42. The van der Waals surface area contributed by atoms with Crippen molar-refractivity contribution in [3.8, 4) is 0 Å². The van der Waals surface area contributed by atoms with Crippen LogP contribution in [0.4, 0.5) is 0 Å². The fourth-order valence-electron chi connectivity index (χ4n) is 4.02. The molecule has 0 unspecified atom stereocenters. The summed E-state index contributed by atoms with van der Waals surface area (Å²) in [5, 5.41) is 3.61. The molecule has 1 N–H and O–H groups in total. The second kappa shape index (κ2) is 11.5. The number of carbonyl (C=O) groups is 3. The van der Waals surface area contributed by atoms with Gasteiger partial charge in [0.05, 0.1) is 28.8 Å². The smallest absolute Gasteiger partial charge is 0.336 e. The predicted octanol–water partition coefficient (Wildman–Crippen LogP) is 5.49. The lowest BCUT2D eigenvalue weighted by Gasteiger charge is -2.34. The molecular formula is C26H28Cl2N2O4. The quantitative estimate of drug-likeness (QED) is 0.484. The zero-order valence-corrected chi connectivity index (χ0v) is 21.0. The van der Waals surface area contributed by atoms with E-state index in [4.69, 9.17) is 27.9 Å². The Kier molecular flexibility index (Phi) is 8.75. The first-order valence-electron chi connectivity index (χ1n) is 11.3. The maximum Gasteiger partial charge on any atom is 0.336 e. The second-order valence-corrected chi connectivity index (χ2v) is 8.90. The van der Waals surface area contributed by atoms with Crippen molar-refractivity contribution >= 4 is 41.0 Å². The summed E-state index contributed by atoms with van der Waals surface area (Å²) in [5.41, 5.74) is 2.96. The van der Waals surface area contributed by atoms with Crippen molar-refractivity contribution in [2.24, 2.45) is 0 Å². The Morgan fingerprint density at radius 1 is 1.12 bits per heavy atom. The van der Waals surface area contributed by atoms with E-state index in [0.29, 0.717) is 33.4 Å². The largest absolute Gasteiger partial charge is 0.463 e. The van der Waals surface area contributed by atoms with Crippen molar-refractivity contribution in [1.82, 2.24) is 10.2 Å². The number of nitrogens with zero attached hydrogens (tertiary/aromatic N) is 1. The average Bonchev–Trinajstić information content (AvgIpc) is 2.81. The minimum atomic E-state index is -0.497. The molecule has 0 aliphatic carbocycles. The lowest BCUT2D eigenvalue weighted by atomic mass is 9.83. The topological polar surface area (TPSA) is 75.7 Å². The summed E-state index contributed by atoms with van der Waals surface area (Å²) in [4.78, 5) is 40.1. The van der Waals surface area contributed by atoms with Crippen molar-refractivity contribution in [3.63, 3.8) is 0 Å². The lowest BCUT2D eigenvalue weighted by Crippen LogP contribution is -2.38. The van der Waals surface area contributed by atoms with Gasteiger partial charge in [-0.05, 0) is 55.7 Å². The van der Waals surface area contributed by atoms with E-state index in [-0.39, 0.29) is 31.4 Å². The van der Waals surface area contributed by atoms with Gasteiger partial charge in [-0.15, -0.1) is 0 Å². The maximum absolute atomic E-state index is 13.2. The van der Waals surface area contributed by atoms with Crippen LogP contribution in [0.2, 0.25) is 10.0 Å². The number of carbonyl (C=O) groups excluding carboxylic acids is 3. The summed E-state index contributed by atoms with van der Waals surface area (Å²) < 4.78 is 5.33. The van der Waals surface area contributed by atoms with Crippen LogP contribution in [0.15, 0.2) is 53.7 Å². The van der Waals surface area contributed by atoms with E-state index in [1.165, 1.54) is 0 Å². The first-order valence-corrected chi connectivity index (χ1v) is 12.0. The number of ether oxygens (including phenoxy) is 1. The molecule has 0 radical (unpaired) electrons. The highest BCUT2D eigenvalue weighted by Crippen LogP contribution is 2.39. The molecular weight excluding hydrogens is 475 g/mol. The van der Waals surface area contributed by atoms with Gasteiger partial charge in [-0.2, -0.15) is 0 Å². The molecule has 3 rings (SSSR count). The van der Waals surface area contributed by atoms with Crippen molar-refractivity contribution in [2.45, 2.75) is 46.1 Å². The SMILES string of the molecule is CCCNC(=O)c1cccc(CN2C(=O)C[C@H](c3ccc(Cl)c(Cl)c3)C(C(=O)OCC)=C2C)c1. The number of benzene rings is 2. The van der Waals surface area contributed by atoms with Gasteiger partial charge in [-0.25, -0.2) is 4.79 Å². The molecule has 0 aromatic heterocycles. The van der Waals surface area contributed by atoms with Gasteiger partial charge in [-0.1, -0.05) is 48.3 Å². The molecule has 2 aromatic rings. The van der Waals surface area contributed by atoms with Crippen LogP contribution < -0.4 is 5.32 Å². The number of amides is 2. The zero-order chi connectivity index (χ0) is 24.8. The monoisotopic (exact) mass is 502 g/mol. The molecule has 0 bridgehead atoms. The van der Waals surface area contributed by atoms with Gasteiger partial charge in [0.1, 0.15) is 0 Å². The maximum atomic E-state index is 13.2. The van der Waals surface area contributed by atoms with Crippen LogP contribution in [0.3, 0.4) is 0 Å². The summed E-state index contributed by atoms with van der Waals surface area (Å²) in [7, 11) is 0. The fraction of sp³-hybridized carbons (Fsp3) is 0.346. The highest BCUT2D eigenvalue weighted by Gasteiger charge is 2.37. The van der Waals surface area contributed by atoms with E-state index in [0.717, 1.165) is 17.5 Å². The van der Waals surface area contributed by atoms with Crippen molar-refractivity contribution in [3.05, 3.63) is 80.5 Å². The third-order valence-electron chi connectivity index (χ3n) is 5.73. The summed E-state index contributed by atoms with van der Waals surface area (Å²) in [6, 6.07) is 12.2. The first-order chi connectivity index (χ1) is 16.3. The van der Waals surface area contributed by atoms with Crippen molar-refractivity contribution in [1.29, 1.82) is 0 Å². The Labute approximate surface area is 209 Å². The fourth-order valence-corrected chi connectivity index (χ4v) is 4.33. The Morgan fingerprint density at radius 2 is 1.88 bits per heavy atom. The number of nitrogens with one attached hydrogen (secondary N) is 1. The van der Waals surface area contributed by atoms with Crippen LogP contribution >= 0.6 is 23.2 Å². The molecule has 8 heteroatoms. The van der Waals surface area contributed by atoms with Gasteiger partial charge < -0.3 is 15.0 Å². The lowest BCUT2D eigenvalue weighted by molar-refractivity contribution is -0.140. The summed E-state index contributed by atoms with van der Waals surface area (Å²) >= 11 is 12.3. The first kappa shape index (κ1) is 25.8. The van der Waals surface area contributed by atoms with E-state index in [1.807, 2.05) is 13.0 Å². The molecule has 2 amide bonds. The number of rotatable bonds is 8. The molecule has 2 aromatic carbocycles. The number of esters is 1. The Morgan fingerprint density at radius 3 is 2.56 bits per heavy atom. The van der Waals surface area contributed by atoms with Crippen molar-refractivity contribution < 1.29 is 19.1 Å². The molecule has 0 spiro atoms. The Bertz CT molecular complexity index is 1130. The van der Waals surface area contributed by atoms with Crippen LogP contribution in [-0.2, 0) is 20.9 Å². The Hall–Kier alpha value is -2.83. The van der Waals surface area contributed by atoms with Gasteiger partial charge in [0, 0.05) is 30.1 Å². The number of allylic oxidation sites excluding steroid dienone is 1. The van der Waals surface area contributed by atoms with E-state index in [2.05, 4.69) is 5.32 Å². The number of hydrogen-bond acceptors (Lipinski definition) is 4. The summed E-state index contributed by atoms with van der Waals surface area (Å²) in [5.74, 6) is -1.26. The van der Waals surface area contributed by atoms with E-state index in [9.17, 15) is 14.4 Å². The summed E-state index contributed by atoms with van der Waals surface area (Å²) in [6.45, 7) is 6.51. The highest BCUT2D eigenvalue weighted by atomic mass is 35.5. The van der Waals surface area contributed by atoms with Crippen LogP contribution in [-0.4, -0.2) is 35.8 Å². The molecule has 1 heterocycles. The molecule has 6 nitrogen and oxygen atoms in total. The third kappa shape index (κ3) is 5.80. The predicted molar refractivity (Wildman–Crippen MR) is 133 cm³/mol. The molecule has 34 heavy (non-hydrogen) atoms. The molecule has 1 aliphatic rings. The Balaban J connectivity index is 1.96. The standard InChI is InChI=1S/C26H28Cl2N2O4/c1-4-11-29-25(32)19-8-6-7-17(12-19)15-30-16(3)24(26(33)34-5-2)20(14-23(30)31)18-9-10-21(27)22(28)13-18/h6-10,12-13,20H,4-5,11,14-15H2,1-3H3,(H,29,32)/t20-/m1/s1. The summed E-state index contributed by atoms with van der Waals surface area (Å²) in [6.07, 6.45) is 0.925. The molecule has 0 fully saturated rings. The number of hydrogen-bond donors (Lipinski definition) is 1. The van der Waals surface area contributed by atoms with Crippen molar-refractivity contribution in [2.75, 3.05) is 13.2 Å². The van der Waals surface area contributed by atoms with Gasteiger partial charge in [0.15, 0.2) is 0 Å². The zero-order valence-electron chi connectivity index (χ0n) is 19.5. The third-order valence-corrected chi connectivity index (χ3v) is 6.47. The molecule has 0 saturated heterocycles. The minimum absolute atomic E-state index is 0.0835. The minimum Gasteiger partial charge on any atom is -0.463 e. The second-order valence-electron chi connectivity index (χ2n) is 8.09. The number of halogens is 2. The van der Waals surface area contributed by atoms with Gasteiger partial charge in [0.2, 0.25) is 5.91 Å². The molecule has 1 atom stereocenters. The van der Waals surface area contributed by atoms with Gasteiger partial charge >= 0.3 is 5.97 Å². The van der Waals surface area contributed by atoms with Gasteiger partial charge in [-0.3, -0.25) is 9.59 Å². The van der Waals surface area contributed by atoms with Gasteiger partial charge in [0.25, 0.3) is 5.91 Å². The normalized spacial score (nSPS) is 16.0. The van der Waals surface area contributed by atoms with E-state index in [1.54, 1.807) is 55.1 Å². The average molecular weight is 503 g/mol. The van der Waals surface area contributed by atoms with Crippen LogP contribution in [0.25, 0.3) is 0 Å². The van der Waals surface area contributed by atoms with Crippen LogP contribution in [0.1, 0.15) is 61.0 Å².